The zero-order valence-corrected chi connectivity index (χ0v) is 17.5. The van der Waals surface area contributed by atoms with Gasteiger partial charge in [0.05, 0.1) is 6.61 Å². The number of aliphatic hydroxyl groups excluding tert-OH is 1. The van der Waals surface area contributed by atoms with Gasteiger partial charge in [0.2, 0.25) is 11.9 Å². The van der Waals surface area contributed by atoms with E-state index in [1.165, 1.54) is 4.90 Å². The molecule has 154 valence electrons. The van der Waals surface area contributed by atoms with Crippen LogP contribution in [0.25, 0.3) is 0 Å². The Hall–Kier alpha value is -2.36. The third-order valence-corrected chi connectivity index (χ3v) is 6.04. The fraction of sp³-hybridized carbons (Fsp3) is 0.450. The van der Waals surface area contributed by atoms with Crippen LogP contribution in [0.5, 0.6) is 0 Å². The average molecular weight is 415 g/mol. The van der Waals surface area contributed by atoms with Crippen molar-refractivity contribution < 1.29 is 5.11 Å². The zero-order valence-electron chi connectivity index (χ0n) is 16.7. The molecule has 2 aliphatic rings. The van der Waals surface area contributed by atoms with Crippen molar-refractivity contribution in [1.82, 2.24) is 19.4 Å². The van der Waals surface area contributed by atoms with E-state index in [0.717, 1.165) is 37.7 Å². The van der Waals surface area contributed by atoms with Crippen molar-refractivity contribution in [2.45, 2.75) is 18.0 Å². The van der Waals surface area contributed by atoms with Crippen molar-refractivity contribution in [2.24, 2.45) is 4.99 Å². The van der Waals surface area contributed by atoms with Crippen LogP contribution >= 0.6 is 11.8 Å². The van der Waals surface area contributed by atoms with Crippen molar-refractivity contribution in [1.29, 1.82) is 0 Å². The summed E-state index contributed by atoms with van der Waals surface area (Å²) in [5, 5.41) is 12.4. The van der Waals surface area contributed by atoms with Crippen LogP contribution in [-0.2, 0) is 0 Å². The minimum Gasteiger partial charge on any atom is -0.395 e. The number of aromatic nitrogens is 2. The molecule has 1 fully saturated rings. The molecule has 2 aromatic rings. The lowest BCUT2D eigenvalue weighted by molar-refractivity contribution is 0.146. The molecular formula is C20H26N6O2S. The van der Waals surface area contributed by atoms with Gasteiger partial charge < -0.3 is 10.0 Å². The molecule has 8 nitrogen and oxygen atoms in total. The number of thioether (sulfide) groups is 1. The summed E-state index contributed by atoms with van der Waals surface area (Å²) in [6.45, 7) is 6.03. The summed E-state index contributed by atoms with van der Waals surface area (Å²) in [6.07, 6.45) is 1.59. The number of aliphatic hydroxyl groups is 1. The molecule has 1 atom stereocenters. The third-order valence-electron chi connectivity index (χ3n) is 5.29. The largest absolute Gasteiger partial charge is 0.395 e. The van der Waals surface area contributed by atoms with E-state index in [1.54, 1.807) is 22.4 Å². The van der Waals surface area contributed by atoms with Gasteiger partial charge in [-0.25, -0.2) is 9.98 Å². The lowest BCUT2D eigenvalue weighted by atomic mass is 10.1. The third kappa shape index (κ3) is 4.17. The Labute approximate surface area is 174 Å². The molecule has 1 unspecified atom stereocenters. The van der Waals surface area contributed by atoms with Gasteiger partial charge in [-0.2, -0.15) is 0 Å². The van der Waals surface area contributed by atoms with Crippen molar-refractivity contribution >= 4 is 23.7 Å². The smallest absolute Gasteiger partial charge is 0.257 e. The van der Waals surface area contributed by atoms with Crippen LogP contribution in [0.15, 0.2) is 45.0 Å². The second kappa shape index (κ2) is 8.56. The maximum absolute atomic E-state index is 12.8. The van der Waals surface area contributed by atoms with Crippen LogP contribution < -0.4 is 10.9 Å². The standard InChI is InChI=1S/C20H26N6O2S/c1-14-13-17(28)26-18(15-3-5-16(29-2)6-4-15)22-19(23-20(26)21-14)25-9-7-24(8-10-25)11-12-27/h3-6,13,18,27H,7-12H2,1-2H3,(H,21,22,23). The summed E-state index contributed by atoms with van der Waals surface area (Å²) in [6, 6.07) is 9.70. The molecule has 2 N–H and O–H groups in total. The maximum atomic E-state index is 12.8. The normalized spacial score (nSPS) is 19.5. The van der Waals surface area contributed by atoms with Crippen molar-refractivity contribution in [3.63, 3.8) is 0 Å². The van der Waals surface area contributed by atoms with Gasteiger partial charge in [-0.1, -0.05) is 12.1 Å². The van der Waals surface area contributed by atoms with E-state index in [1.807, 2.05) is 25.3 Å². The van der Waals surface area contributed by atoms with Gasteiger partial charge in [0.15, 0.2) is 6.17 Å². The Balaban J connectivity index is 1.68. The monoisotopic (exact) mass is 414 g/mol. The number of piperazine rings is 1. The number of hydrogen-bond donors (Lipinski definition) is 2. The number of anilines is 1. The molecule has 0 amide bonds. The fourth-order valence-electron chi connectivity index (χ4n) is 3.72. The number of benzene rings is 1. The number of hydrogen-bond acceptors (Lipinski definition) is 8. The van der Waals surface area contributed by atoms with Gasteiger partial charge in [-0.15, -0.1) is 11.8 Å². The number of nitrogens with zero attached hydrogens (tertiary/aromatic N) is 5. The molecule has 0 saturated carbocycles. The summed E-state index contributed by atoms with van der Waals surface area (Å²) < 4.78 is 1.62. The molecule has 9 heteroatoms. The zero-order chi connectivity index (χ0) is 20.4. The maximum Gasteiger partial charge on any atom is 0.257 e. The van der Waals surface area contributed by atoms with E-state index in [4.69, 9.17) is 10.1 Å². The topological polar surface area (TPSA) is 86.0 Å². The van der Waals surface area contributed by atoms with E-state index in [0.29, 0.717) is 18.2 Å². The second-order valence-corrected chi connectivity index (χ2v) is 8.09. The van der Waals surface area contributed by atoms with Gasteiger partial charge in [-0.05, 0) is 30.9 Å². The predicted molar refractivity (Wildman–Crippen MR) is 116 cm³/mol. The summed E-state index contributed by atoms with van der Waals surface area (Å²) in [5.41, 5.74) is 1.52. The molecule has 0 bridgehead atoms. The lowest BCUT2D eigenvalue weighted by Gasteiger charge is -2.38. The number of aryl methyl sites for hydroxylation is 1. The van der Waals surface area contributed by atoms with Gasteiger partial charge in [0.25, 0.3) is 5.56 Å². The van der Waals surface area contributed by atoms with Crippen LogP contribution in [0.1, 0.15) is 17.4 Å². The minimum atomic E-state index is -0.451. The Bertz CT molecular complexity index is 950. The van der Waals surface area contributed by atoms with E-state index in [9.17, 15) is 4.79 Å². The lowest BCUT2D eigenvalue weighted by Crippen LogP contribution is -2.52. The quantitative estimate of drug-likeness (QED) is 0.728. The molecule has 1 aromatic heterocycles. The fourth-order valence-corrected chi connectivity index (χ4v) is 4.13. The Morgan fingerprint density at radius 1 is 1.21 bits per heavy atom. The molecular weight excluding hydrogens is 388 g/mol. The van der Waals surface area contributed by atoms with Gasteiger partial charge in [-0.3, -0.25) is 19.6 Å². The molecule has 1 saturated heterocycles. The van der Waals surface area contributed by atoms with Crippen LogP contribution in [0, 0.1) is 6.92 Å². The average Bonchev–Trinajstić information content (AvgIpc) is 2.73. The molecule has 1 aromatic carbocycles. The molecule has 0 radical (unpaired) electrons. The predicted octanol–water partition coefficient (Wildman–Crippen LogP) is 1.21. The Morgan fingerprint density at radius 3 is 2.59 bits per heavy atom. The first-order chi connectivity index (χ1) is 14.1. The van der Waals surface area contributed by atoms with Crippen LogP contribution in [0.2, 0.25) is 0 Å². The first-order valence-electron chi connectivity index (χ1n) is 9.76. The van der Waals surface area contributed by atoms with Crippen LogP contribution in [0.3, 0.4) is 0 Å². The molecule has 2 aliphatic heterocycles. The number of fused-ring (bicyclic) bond motifs is 1. The van der Waals surface area contributed by atoms with E-state index in [2.05, 4.69) is 32.2 Å². The number of aliphatic imine (C=N–C) groups is 1. The Kier molecular flexibility index (Phi) is 5.89. The minimum absolute atomic E-state index is 0.116. The first kappa shape index (κ1) is 19.9. The van der Waals surface area contributed by atoms with Crippen molar-refractivity contribution in [2.75, 3.05) is 50.9 Å². The van der Waals surface area contributed by atoms with Gasteiger partial charge in [0.1, 0.15) is 0 Å². The Morgan fingerprint density at radius 2 is 1.93 bits per heavy atom. The SMILES string of the molecule is CSc1ccc(C2N=C(N3CCN(CCO)CC3)Nc3nc(C)cc(=O)n32)cc1. The highest BCUT2D eigenvalue weighted by molar-refractivity contribution is 7.98. The highest BCUT2D eigenvalue weighted by atomic mass is 32.2. The highest BCUT2D eigenvalue weighted by Crippen LogP contribution is 2.28. The van der Waals surface area contributed by atoms with Crippen molar-refractivity contribution in [3.8, 4) is 0 Å². The molecule has 3 heterocycles. The summed E-state index contributed by atoms with van der Waals surface area (Å²) in [4.78, 5) is 27.8. The summed E-state index contributed by atoms with van der Waals surface area (Å²) in [7, 11) is 0. The van der Waals surface area contributed by atoms with E-state index in [-0.39, 0.29) is 12.2 Å². The van der Waals surface area contributed by atoms with Gasteiger partial charge in [0, 0.05) is 49.4 Å². The van der Waals surface area contributed by atoms with E-state index < -0.39 is 6.17 Å². The molecule has 4 rings (SSSR count). The summed E-state index contributed by atoms with van der Waals surface area (Å²) >= 11 is 1.68. The van der Waals surface area contributed by atoms with Crippen LogP contribution in [-0.4, -0.2) is 76.0 Å². The molecule has 29 heavy (non-hydrogen) atoms. The molecule has 0 aliphatic carbocycles. The number of β-amino-alcohol motifs (C(OH)–C–C–N with tert-alkyl or cyclic N) is 1. The summed E-state index contributed by atoms with van der Waals surface area (Å²) in [5.74, 6) is 1.27. The number of nitrogens with one attached hydrogen (secondary N) is 1. The van der Waals surface area contributed by atoms with E-state index >= 15 is 0 Å². The number of rotatable bonds is 4. The van der Waals surface area contributed by atoms with Gasteiger partial charge >= 0.3 is 0 Å². The highest BCUT2D eigenvalue weighted by Gasteiger charge is 2.29. The number of guanidine groups is 1. The second-order valence-electron chi connectivity index (χ2n) is 7.21. The van der Waals surface area contributed by atoms with Crippen LogP contribution in [0.4, 0.5) is 5.95 Å². The molecule has 0 spiro atoms. The first-order valence-corrected chi connectivity index (χ1v) is 11.0. The van der Waals surface area contributed by atoms with Crippen molar-refractivity contribution in [3.05, 3.63) is 51.9 Å².